The van der Waals surface area contributed by atoms with E-state index in [2.05, 4.69) is 31.1 Å². The van der Waals surface area contributed by atoms with Gasteiger partial charge in [-0.25, -0.2) is 4.98 Å². The van der Waals surface area contributed by atoms with E-state index >= 15 is 0 Å². The lowest BCUT2D eigenvalue weighted by atomic mass is 10.1. The van der Waals surface area contributed by atoms with Gasteiger partial charge in [-0.3, -0.25) is 0 Å². The van der Waals surface area contributed by atoms with E-state index in [1.54, 1.807) is 0 Å². The van der Waals surface area contributed by atoms with Gasteiger partial charge in [0.2, 0.25) is 5.88 Å². The van der Waals surface area contributed by atoms with E-state index in [1.807, 2.05) is 18.2 Å². The molecular weight excluding hydrogens is 212 g/mol. The number of ether oxygens (including phenoxy) is 1. The van der Waals surface area contributed by atoms with Gasteiger partial charge in [0.15, 0.2) is 0 Å². The number of hydrogen-bond donors (Lipinski definition) is 1. The molecule has 0 radical (unpaired) electrons. The van der Waals surface area contributed by atoms with Crippen molar-refractivity contribution in [2.24, 2.45) is 5.92 Å². The van der Waals surface area contributed by atoms with Crippen molar-refractivity contribution in [3.05, 3.63) is 23.9 Å². The first-order chi connectivity index (χ1) is 8.30. The lowest BCUT2D eigenvalue weighted by Gasteiger charge is -2.13. The Bertz CT molecular complexity index is 311. The van der Waals surface area contributed by atoms with E-state index in [0.717, 1.165) is 44.1 Å². The summed E-state index contributed by atoms with van der Waals surface area (Å²) in [5, 5.41) is 3.26. The van der Waals surface area contributed by atoms with Crippen LogP contribution in [0.2, 0.25) is 0 Å². The molecule has 1 aromatic rings. The van der Waals surface area contributed by atoms with Crippen molar-refractivity contribution in [1.29, 1.82) is 0 Å². The minimum Gasteiger partial charge on any atom is -0.477 e. The topological polar surface area (TPSA) is 34.1 Å². The van der Waals surface area contributed by atoms with Crippen LogP contribution >= 0.6 is 0 Å². The number of nitrogens with zero attached hydrogens (tertiary/aromatic N) is 1. The molecule has 0 aliphatic rings. The van der Waals surface area contributed by atoms with E-state index in [1.165, 1.54) is 0 Å². The van der Waals surface area contributed by atoms with Crippen molar-refractivity contribution in [1.82, 2.24) is 10.3 Å². The highest BCUT2D eigenvalue weighted by Gasteiger charge is 2.05. The monoisotopic (exact) mass is 236 g/mol. The Labute approximate surface area is 105 Å². The van der Waals surface area contributed by atoms with Crippen molar-refractivity contribution in [2.45, 2.75) is 40.2 Å². The van der Waals surface area contributed by atoms with Crippen molar-refractivity contribution >= 4 is 0 Å². The molecule has 0 fully saturated rings. The molecular formula is C14H24N2O. The van der Waals surface area contributed by atoms with Crippen LogP contribution in [0.3, 0.4) is 0 Å². The van der Waals surface area contributed by atoms with E-state index in [9.17, 15) is 0 Å². The number of rotatable bonds is 8. The zero-order valence-corrected chi connectivity index (χ0v) is 11.2. The second kappa shape index (κ2) is 8.07. The summed E-state index contributed by atoms with van der Waals surface area (Å²) in [7, 11) is 0. The normalized spacial score (nSPS) is 10.8. The molecule has 3 heteroatoms. The third-order valence-electron chi connectivity index (χ3n) is 2.96. The fourth-order valence-electron chi connectivity index (χ4n) is 1.62. The van der Waals surface area contributed by atoms with Crippen LogP contribution < -0.4 is 10.1 Å². The van der Waals surface area contributed by atoms with E-state index < -0.39 is 0 Å². The average Bonchev–Trinajstić information content (AvgIpc) is 2.38. The summed E-state index contributed by atoms with van der Waals surface area (Å²) < 4.78 is 5.73. The van der Waals surface area contributed by atoms with Crippen LogP contribution in [0.5, 0.6) is 5.88 Å². The fourth-order valence-corrected chi connectivity index (χ4v) is 1.62. The first-order valence-corrected chi connectivity index (χ1v) is 6.59. The highest BCUT2D eigenvalue weighted by molar-refractivity contribution is 5.15. The van der Waals surface area contributed by atoms with Gasteiger partial charge in [-0.2, -0.15) is 0 Å². The maximum absolute atomic E-state index is 5.73. The van der Waals surface area contributed by atoms with Crippen molar-refractivity contribution < 1.29 is 4.74 Å². The molecule has 17 heavy (non-hydrogen) atoms. The Morgan fingerprint density at radius 1 is 1.24 bits per heavy atom. The Hall–Kier alpha value is -1.09. The molecule has 0 atom stereocenters. The van der Waals surface area contributed by atoms with E-state index in [0.29, 0.717) is 5.92 Å². The zero-order valence-electron chi connectivity index (χ0n) is 11.2. The quantitative estimate of drug-likeness (QED) is 0.753. The SMILES string of the molecule is CCNCc1cccc(OCC(CC)CC)n1. The van der Waals surface area contributed by atoms with Gasteiger partial charge in [0, 0.05) is 12.6 Å². The summed E-state index contributed by atoms with van der Waals surface area (Å²) in [6.45, 7) is 9.02. The van der Waals surface area contributed by atoms with Crippen LogP contribution in [0.4, 0.5) is 0 Å². The minimum atomic E-state index is 0.634. The van der Waals surface area contributed by atoms with Gasteiger partial charge in [0.25, 0.3) is 0 Å². The van der Waals surface area contributed by atoms with Crippen molar-refractivity contribution in [3.63, 3.8) is 0 Å². The number of aromatic nitrogens is 1. The van der Waals surface area contributed by atoms with Gasteiger partial charge in [-0.1, -0.05) is 39.7 Å². The van der Waals surface area contributed by atoms with Crippen molar-refractivity contribution in [3.8, 4) is 5.88 Å². The lowest BCUT2D eigenvalue weighted by Crippen LogP contribution is -2.14. The van der Waals surface area contributed by atoms with Gasteiger partial charge in [-0.15, -0.1) is 0 Å². The van der Waals surface area contributed by atoms with Crippen LogP contribution in [0, 0.1) is 5.92 Å². The molecule has 1 aromatic heterocycles. The van der Waals surface area contributed by atoms with E-state index in [-0.39, 0.29) is 0 Å². The van der Waals surface area contributed by atoms with Gasteiger partial charge >= 0.3 is 0 Å². The average molecular weight is 236 g/mol. The molecule has 3 nitrogen and oxygen atoms in total. The maximum atomic E-state index is 5.73. The largest absolute Gasteiger partial charge is 0.477 e. The zero-order chi connectivity index (χ0) is 12.5. The first-order valence-electron chi connectivity index (χ1n) is 6.59. The number of pyridine rings is 1. The first kappa shape index (κ1) is 14.0. The molecule has 0 bridgehead atoms. The molecule has 1 heterocycles. The standard InChI is InChI=1S/C14H24N2O/c1-4-12(5-2)11-17-14-9-7-8-13(16-14)10-15-6-3/h7-9,12,15H,4-6,10-11H2,1-3H3. The summed E-state index contributed by atoms with van der Waals surface area (Å²) in [4.78, 5) is 4.47. The molecule has 0 saturated carbocycles. The fraction of sp³-hybridized carbons (Fsp3) is 0.643. The molecule has 0 aliphatic carbocycles. The Morgan fingerprint density at radius 3 is 2.65 bits per heavy atom. The predicted molar refractivity (Wildman–Crippen MR) is 71.2 cm³/mol. The molecule has 0 spiro atoms. The molecule has 1 N–H and O–H groups in total. The summed E-state index contributed by atoms with van der Waals surface area (Å²) in [5.74, 6) is 1.38. The van der Waals surface area contributed by atoms with Gasteiger partial charge in [0.1, 0.15) is 0 Å². The Morgan fingerprint density at radius 2 is 2.00 bits per heavy atom. The van der Waals surface area contributed by atoms with Crippen LogP contribution in [0.25, 0.3) is 0 Å². The maximum Gasteiger partial charge on any atom is 0.213 e. The Balaban J connectivity index is 2.47. The summed E-state index contributed by atoms with van der Waals surface area (Å²) in [6, 6.07) is 5.95. The predicted octanol–water partition coefficient (Wildman–Crippen LogP) is 3.01. The Kier molecular flexibility index (Phi) is 6.63. The highest BCUT2D eigenvalue weighted by atomic mass is 16.5. The van der Waals surface area contributed by atoms with Crippen LogP contribution in [0.15, 0.2) is 18.2 Å². The summed E-state index contributed by atoms with van der Waals surface area (Å²) in [6.07, 6.45) is 2.32. The molecule has 1 rings (SSSR count). The van der Waals surface area contributed by atoms with Crippen molar-refractivity contribution in [2.75, 3.05) is 13.2 Å². The molecule has 0 aromatic carbocycles. The minimum absolute atomic E-state index is 0.634. The third kappa shape index (κ3) is 5.18. The molecule has 0 saturated heterocycles. The van der Waals surface area contributed by atoms with Gasteiger partial charge in [-0.05, 0) is 18.5 Å². The highest BCUT2D eigenvalue weighted by Crippen LogP contribution is 2.12. The van der Waals surface area contributed by atoms with Gasteiger partial charge < -0.3 is 10.1 Å². The smallest absolute Gasteiger partial charge is 0.213 e. The third-order valence-corrected chi connectivity index (χ3v) is 2.96. The van der Waals surface area contributed by atoms with Crippen LogP contribution in [-0.2, 0) is 6.54 Å². The lowest BCUT2D eigenvalue weighted by molar-refractivity contribution is 0.232. The van der Waals surface area contributed by atoms with Crippen LogP contribution in [0.1, 0.15) is 39.3 Å². The summed E-state index contributed by atoms with van der Waals surface area (Å²) >= 11 is 0. The molecule has 0 unspecified atom stereocenters. The number of hydrogen-bond acceptors (Lipinski definition) is 3. The van der Waals surface area contributed by atoms with E-state index in [4.69, 9.17) is 4.74 Å². The second-order valence-electron chi connectivity index (χ2n) is 4.24. The van der Waals surface area contributed by atoms with Gasteiger partial charge in [0.05, 0.1) is 12.3 Å². The molecule has 0 aliphatic heterocycles. The summed E-state index contributed by atoms with van der Waals surface area (Å²) in [5.41, 5.74) is 1.04. The molecule has 0 amide bonds. The van der Waals surface area contributed by atoms with Crippen LogP contribution in [-0.4, -0.2) is 18.1 Å². The molecule has 96 valence electrons. The second-order valence-corrected chi connectivity index (χ2v) is 4.24. The number of nitrogens with one attached hydrogen (secondary N) is 1.